The Bertz CT molecular complexity index is 750. The van der Waals surface area contributed by atoms with E-state index in [-0.39, 0.29) is 18.2 Å². The van der Waals surface area contributed by atoms with E-state index in [0.29, 0.717) is 18.8 Å². The topological polar surface area (TPSA) is 93.5 Å². The molecular weight excluding hydrogens is 390 g/mol. The van der Waals surface area contributed by atoms with Gasteiger partial charge in [-0.1, -0.05) is 6.07 Å². The minimum atomic E-state index is -0.448. The zero-order valence-corrected chi connectivity index (χ0v) is 15.2. The molecule has 0 fully saturated rings. The second-order valence-corrected chi connectivity index (χ2v) is 6.16. The zero-order chi connectivity index (χ0) is 18.2. The van der Waals surface area contributed by atoms with E-state index in [0.717, 1.165) is 15.7 Å². The third kappa shape index (κ3) is 6.07. The Morgan fingerprint density at radius 2 is 1.92 bits per heavy atom. The lowest BCUT2D eigenvalue weighted by Crippen LogP contribution is -2.32. The highest BCUT2D eigenvalue weighted by atomic mass is 79.9. The first-order valence-corrected chi connectivity index (χ1v) is 8.39. The van der Waals surface area contributed by atoms with Gasteiger partial charge in [-0.2, -0.15) is 0 Å². The molecule has 0 bridgehead atoms. The molecule has 0 saturated carbocycles. The van der Waals surface area contributed by atoms with E-state index in [9.17, 15) is 14.9 Å². The van der Waals surface area contributed by atoms with Crippen molar-refractivity contribution < 1.29 is 14.5 Å². The van der Waals surface area contributed by atoms with E-state index in [4.69, 9.17) is 4.74 Å². The summed E-state index contributed by atoms with van der Waals surface area (Å²) >= 11 is 3.39. The molecule has 2 aromatic carbocycles. The van der Waals surface area contributed by atoms with E-state index in [2.05, 4.69) is 26.6 Å². The minimum absolute atomic E-state index is 0.0401. The van der Waals surface area contributed by atoms with Crippen molar-refractivity contribution in [2.24, 2.45) is 0 Å². The molecular formula is C17H18BrN3O4. The summed E-state index contributed by atoms with van der Waals surface area (Å²) in [5, 5.41) is 16.4. The van der Waals surface area contributed by atoms with Crippen molar-refractivity contribution in [3.8, 4) is 5.75 Å². The number of halogens is 1. The number of nitrogens with one attached hydrogen (secondary N) is 2. The molecule has 0 aliphatic carbocycles. The van der Waals surface area contributed by atoms with Gasteiger partial charge < -0.3 is 15.4 Å². The first kappa shape index (κ1) is 18.7. The maximum absolute atomic E-state index is 11.8. The number of rotatable bonds is 8. The summed E-state index contributed by atoms with van der Waals surface area (Å²) in [7, 11) is 0. The first-order chi connectivity index (χ1) is 12.0. The maximum atomic E-state index is 11.8. The van der Waals surface area contributed by atoms with Gasteiger partial charge in [-0.15, -0.1) is 0 Å². The van der Waals surface area contributed by atoms with E-state index in [1.807, 2.05) is 25.1 Å². The van der Waals surface area contributed by atoms with Crippen molar-refractivity contribution >= 4 is 33.2 Å². The predicted octanol–water partition coefficient (Wildman–Crippen LogP) is 3.27. The molecule has 0 heterocycles. The van der Waals surface area contributed by atoms with Gasteiger partial charge in [0.2, 0.25) is 0 Å². The minimum Gasteiger partial charge on any atom is -0.483 e. The summed E-state index contributed by atoms with van der Waals surface area (Å²) in [6.45, 7) is 2.81. The number of anilines is 1. The third-order valence-corrected chi connectivity index (χ3v) is 3.92. The fourth-order valence-corrected chi connectivity index (χ4v) is 2.63. The van der Waals surface area contributed by atoms with Crippen LogP contribution in [0.4, 0.5) is 11.4 Å². The highest BCUT2D eigenvalue weighted by molar-refractivity contribution is 9.10. The average Bonchev–Trinajstić information content (AvgIpc) is 2.58. The summed E-state index contributed by atoms with van der Waals surface area (Å²) in [5.74, 6) is 0.391. The Kier molecular flexibility index (Phi) is 6.76. The summed E-state index contributed by atoms with van der Waals surface area (Å²) < 4.78 is 6.27. The van der Waals surface area contributed by atoms with Crippen LogP contribution in [0, 0.1) is 17.0 Å². The first-order valence-electron chi connectivity index (χ1n) is 7.59. The lowest BCUT2D eigenvalue weighted by molar-refractivity contribution is -0.384. The molecule has 132 valence electrons. The second kappa shape index (κ2) is 9.03. The lowest BCUT2D eigenvalue weighted by Gasteiger charge is -2.10. The monoisotopic (exact) mass is 407 g/mol. The van der Waals surface area contributed by atoms with E-state index in [1.54, 1.807) is 12.1 Å². The largest absolute Gasteiger partial charge is 0.483 e. The number of nitro benzene ring substituents is 1. The van der Waals surface area contributed by atoms with Gasteiger partial charge in [0.25, 0.3) is 11.6 Å². The Balaban J connectivity index is 1.67. The van der Waals surface area contributed by atoms with Crippen LogP contribution in [0.25, 0.3) is 0 Å². The van der Waals surface area contributed by atoms with Gasteiger partial charge in [-0.05, 0) is 52.7 Å². The summed E-state index contributed by atoms with van der Waals surface area (Å²) in [4.78, 5) is 21.9. The number of amides is 1. The number of hydrogen-bond acceptors (Lipinski definition) is 5. The third-order valence-electron chi connectivity index (χ3n) is 3.30. The highest BCUT2D eigenvalue weighted by Gasteiger charge is 2.06. The number of nitro groups is 1. The molecule has 0 radical (unpaired) electrons. The average molecular weight is 408 g/mol. The zero-order valence-electron chi connectivity index (χ0n) is 13.6. The molecule has 1 amide bonds. The van der Waals surface area contributed by atoms with E-state index < -0.39 is 4.92 Å². The molecule has 2 rings (SSSR count). The molecule has 2 aromatic rings. The standard InChI is InChI=1S/C17H18BrN3O4/c1-12-2-7-16(15(18)10-12)25-11-17(22)20-9-8-19-13-3-5-14(6-4-13)21(23)24/h2-7,10,19H,8-9,11H2,1H3,(H,20,22). The molecule has 8 heteroatoms. The quantitative estimate of drug-likeness (QED) is 0.397. The lowest BCUT2D eigenvalue weighted by atomic mass is 10.2. The van der Waals surface area contributed by atoms with Gasteiger partial charge in [-0.3, -0.25) is 14.9 Å². The van der Waals surface area contributed by atoms with Crippen LogP contribution in [-0.4, -0.2) is 30.5 Å². The van der Waals surface area contributed by atoms with E-state index >= 15 is 0 Å². The number of aryl methyl sites for hydroxylation is 1. The molecule has 2 N–H and O–H groups in total. The Morgan fingerprint density at radius 1 is 1.20 bits per heavy atom. The van der Waals surface area contributed by atoms with Gasteiger partial charge in [0.05, 0.1) is 9.40 Å². The molecule has 0 unspecified atom stereocenters. The number of benzene rings is 2. The van der Waals surface area contributed by atoms with Gasteiger partial charge in [0.1, 0.15) is 5.75 Å². The van der Waals surface area contributed by atoms with Crippen molar-refractivity contribution in [3.05, 3.63) is 62.6 Å². The van der Waals surface area contributed by atoms with E-state index in [1.165, 1.54) is 12.1 Å². The van der Waals surface area contributed by atoms with Crippen LogP contribution in [0.5, 0.6) is 5.75 Å². The van der Waals surface area contributed by atoms with Gasteiger partial charge >= 0.3 is 0 Å². The molecule has 0 aliphatic heterocycles. The van der Waals surface area contributed by atoms with Gasteiger partial charge in [-0.25, -0.2) is 0 Å². The van der Waals surface area contributed by atoms with Crippen LogP contribution in [0.15, 0.2) is 46.9 Å². The number of hydrogen-bond donors (Lipinski definition) is 2. The van der Waals surface area contributed by atoms with Crippen molar-refractivity contribution in [3.63, 3.8) is 0 Å². The van der Waals surface area contributed by atoms with Crippen LogP contribution in [-0.2, 0) is 4.79 Å². The molecule has 0 atom stereocenters. The Hall–Kier alpha value is -2.61. The van der Waals surface area contributed by atoms with Crippen LogP contribution in [0.2, 0.25) is 0 Å². The van der Waals surface area contributed by atoms with Crippen molar-refractivity contribution in [1.82, 2.24) is 5.32 Å². The Morgan fingerprint density at radius 3 is 2.56 bits per heavy atom. The molecule has 0 aliphatic rings. The summed E-state index contributed by atoms with van der Waals surface area (Å²) in [6, 6.07) is 11.7. The highest BCUT2D eigenvalue weighted by Crippen LogP contribution is 2.25. The van der Waals surface area contributed by atoms with Crippen molar-refractivity contribution in [2.75, 3.05) is 25.0 Å². The van der Waals surface area contributed by atoms with Crippen LogP contribution in [0.3, 0.4) is 0 Å². The smallest absolute Gasteiger partial charge is 0.269 e. The summed E-state index contributed by atoms with van der Waals surface area (Å²) in [6.07, 6.45) is 0. The predicted molar refractivity (Wildman–Crippen MR) is 99.0 cm³/mol. The van der Waals surface area contributed by atoms with Crippen LogP contribution in [0.1, 0.15) is 5.56 Å². The fraction of sp³-hybridized carbons (Fsp3) is 0.235. The van der Waals surface area contributed by atoms with Gasteiger partial charge in [0, 0.05) is 30.9 Å². The number of non-ortho nitro benzene ring substituents is 1. The van der Waals surface area contributed by atoms with Gasteiger partial charge in [0.15, 0.2) is 6.61 Å². The van der Waals surface area contributed by atoms with Crippen molar-refractivity contribution in [1.29, 1.82) is 0 Å². The molecule has 0 aromatic heterocycles. The number of ether oxygens (including phenoxy) is 1. The Labute approximate surface area is 153 Å². The number of carbonyl (C=O) groups excluding carboxylic acids is 1. The molecule has 0 spiro atoms. The normalized spacial score (nSPS) is 10.2. The van der Waals surface area contributed by atoms with Crippen LogP contribution < -0.4 is 15.4 Å². The maximum Gasteiger partial charge on any atom is 0.269 e. The molecule has 7 nitrogen and oxygen atoms in total. The SMILES string of the molecule is Cc1ccc(OCC(=O)NCCNc2ccc([N+](=O)[O-])cc2)c(Br)c1. The summed E-state index contributed by atoms with van der Waals surface area (Å²) in [5.41, 5.74) is 1.89. The molecule has 25 heavy (non-hydrogen) atoms. The van der Waals surface area contributed by atoms with Crippen LogP contribution >= 0.6 is 15.9 Å². The van der Waals surface area contributed by atoms with Crippen molar-refractivity contribution in [2.45, 2.75) is 6.92 Å². The molecule has 0 saturated heterocycles. The second-order valence-electron chi connectivity index (χ2n) is 5.30. The fourth-order valence-electron chi connectivity index (χ4n) is 2.03. The number of nitrogens with zero attached hydrogens (tertiary/aromatic N) is 1. The number of carbonyl (C=O) groups is 1.